The van der Waals surface area contributed by atoms with E-state index < -0.39 is 10.1 Å². The van der Waals surface area contributed by atoms with Crippen molar-refractivity contribution < 1.29 is 17.7 Å². The van der Waals surface area contributed by atoms with Crippen molar-refractivity contribution in [2.45, 2.75) is 11.8 Å². The standard InChI is InChI=1S/C11H12N2O5S/c1-2-18-10-7-11(14)13(12-10)8-3-5-9(6-4-8)19(15,16)17/h3-7,12H,2H2,1H3,(H,15,16,17). The van der Waals surface area contributed by atoms with Gasteiger partial charge < -0.3 is 4.74 Å². The van der Waals surface area contributed by atoms with Crippen LogP contribution in [0.3, 0.4) is 0 Å². The largest absolute Gasteiger partial charge is 0.478 e. The van der Waals surface area contributed by atoms with Crippen LogP contribution in [-0.4, -0.2) is 29.4 Å². The lowest BCUT2D eigenvalue weighted by Crippen LogP contribution is -2.13. The fourth-order valence-corrected chi connectivity index (χ4v) is 2.04. The molecule has 19 heavy (non-hydrogen) atoms. The minimum atomic E-state index is -4.24. The van der Waals surface area contributed by atoms with Gasteiger partial charge in [0.1, 0.15) is 0 Å². The quantitative estimate of drug-likeness (QED) is 0.809. The normalized spacial score (nSPS) is 11.5. The smallest absolute Gasteiger partial charge is 0.294 e. The van der Waals surface area contributed by atoms with Crippen LogP contribution < -0.4 is 10.3 Å². The molecule has 1 aromatic heterocycles. The molecule has 2 rings (SSSR count). The van der Waals surface area contributed by atoms with E-state index in [4.69, 9.17) is 9.29 Å². The summed E-state index contributed by atoms with van der Waals surface area (Å²) in [6.07, 6.45) is 0. The van der Waals surface area contributed by atoms with Crippen LogP contribution in [0.5, 0.6) is 5.88 Å². The van der Waals surface area contributed by atoms with E-state index in [1.54, 1.807) is 6.92 Å². The van der Waals surface area contributed by atoms with Gasteiger partial charge in [0.2, 0.25) is 5.88 Å². The molecular formula is C11H12N2O5S. The molecule has 0 unspecified atom stereocenters. The minimum absolute atomic E-state index is 0.235. The molecule has 7 nitrogen and oxygen atoms in total. The summed E-state index contributed by atoms with van der Waals surface area (Å²) in [4.78, 5) is 11.4. The third-order valence-electron chi connectivity index (χ3n) is 2.39. The molecule has 102 valence electrons. The molecule has 2 aromatic rings. The van der Waals surface area contributed by atoms with E-state index in [9.17, 15) is 13.2 Å². The number of ether oxygens (including phenoxy) is 1. The SMILES string of the molecule is CCOc1cc(=O)n(-c2ccc(S(=O)(=O)O)cc2)[nH]1. The number of nitrogens with one attached hydrogen (secondary N) is 1. The van der Waals surface area contributed by atoms with E-state index in [2.05, 4.69) is 5.10 Å². The summed E-state index contributed by atoms with van der Waals surface area (Å²) in [7, 11) is -4.24. The highest BCUT2D eigenvalue weighted by atomic mass is 32.2. The van der Waals surface area contributed by atoms with Crippen LogP contribution in [0.2, 0.25) is 0 Å². The number of nitrogens with zero attached hydrogens (tertiary/aromatic N) is 1. The van der Waals surface area contributed by atoms with Crippen LogP contribution in [0, 0.1) is 0 Å². The molecule has 0 bridgehead atoms. The Bertz CT molecular complexity index is 727. The van der Waals surface area contributed by atoms with Crippen molar-refractivity contribution >= 4 is 10.1 Å². The second kappa shape index (κ2) is 4.90. The van der Waals surface area contributed by atoms with Gasteiger partial charge in [0.25, 0.3) is 15.7 Å². The first-order valence-electron chi connectivity index (χ1n) is 5.44. The Morgan fingerprint density at radius 1 is 1.32 bits per heavy atom. The lowest BCUT2D eigenvalue weighted by atomic mass is 10.3. The zero-order valence-corrected chi connectivity index (χ0v) is 10.8. The highest BCUT2D eigenvalue weighted by Crippen LogP contribution is 2.13. The maximum absolute atomic E-state index is 11.7. The monoisotopic (exact) mass is 284 g/mol. The first kappa shape index (κ1) is 13.4. The second-order valence-electron chi connectivity index (χ2n) is 3.70. The highest BCUT2D eigenvalue weighted by molar-refractivity contribution is 7.85. The van der Waals surface area contributed by atoms with Gasteiger partial charge in [-0.1, -0.05) is 0 Å². The lowest BCUT2D eigenvalue weighted by Gasteiger charge is -2.03. The van der Waals surface area contributed by atoms with Gasteiger partial charge in [-0.2, -0.15) is 8.42 Å². The van der Waals surface area contributed by atoms with Crippen molar-refractivity contribution in [2.24, 2.45) is 0 Å². The summed E-state index contributed by atoms with van der Waals surface area (Å²) < 4.78 is 37.0. The first-order valence-corrected chi connectivity index (χ1v) is 6.88. The van der Waals surface area contributed by atoms with Crippen LogP contribution in [-0.2, 0) is 10.1 Å². The van der Waals surface area contributed by atoms with Crippen LogP contribution in [0.15, 0.2) is 40.0 Å². The highest BCUT2D eigenvalue weighted by Gasteiger charge is 2.10. The van der Waals surface area contributed by atoms with Gasteiger partial charge in [0.05, 0.1) is 23.3 Å². The molecule has 8 heteroatoms. The van der Waals surface area contributed by atoms with Gasteiger partial charge in [-0.05, 0) is 31.2 Å². The number of hydrogen-bond donors (Lipinski definition) is 2. The number of aromatic amines is 1. The van der Waals surface area contributed by atoms with E-state index in [0.29, 0.717) is 18.2 Å². The van der Waals surface area contributed by atoms with E-state index >= 15 is 0 Å². The van der Waals surface area contributed by atoms with Crippen molar-refractivity contribution in [3.8, 4) is 11.6 Å². The van der Waals surface area contributed by atoms with Gasteiger partial charge >= 0.3 is 0 Å². The summed E-state index contributed by atoms with van der Waals surface area (Å²) in [6, 6.07) is 6.50. The Labute approximate surface area is 109 Å². The number of rotatable bonds is 4. The molecule has 0 aliphatic carbocycles. The number of H-pyrrole nitrogens is 1. The van der Waals surface area contributed by atoms with E-state index in [0.717, 1.165) is 0 Å². The lowest BCUT2D eigenvalue weighted by molar-refractivity contribution is 0.324. The van der Waals surface area contributed by atoms with E-state index in [1.807, 2.05) is 0 Å². The predicted molar refractivity (Wildman–Crippen MR) is 67.4 cm³/mol. The zero-order chi connectivity index (χ0) is 14.0. The maximum Gasteiger partial charge on any atom is 0.294 e. The van der Waals surface area contributed by atoms with Gasteiger partial charge in [0.15, 0.2) is 0 Å². The Morgan fingerprint density at radius 3 is 2.47 bits per heavy atom. The molecule has 0 fully saturated rings. The topological polar surface area (TPSA) is 101 Å². The van der Waals surface area contributed by atoms with E-state index in [1.165, 1.54) is 35.0 Å². The van der Waals surface area contributed by atoms with Crippen LogP contribution in [0.1, 0.15) is 6.92 Å². The summed E-state index contributed by atoms with van der Waals surface area (Å²) in [5, 5.41) is 2.73. The first-order chi connectivity index (χ1) is 8.91. The molecule has 0 saturated heterocycles. The molecule has 1 heterocycles. The average molecular weight is 284 g/mol. The summed E-state index contributed by atoms with van der Waals surface area (Å²) in [5.74, 6) is 0.325. The van der Waals surface area contributed by atoms with Crippen molar-refractivity contribution in [1.82, 2.24) is 9.78 Å². The Hall–Kier alpha value is -2.06. The third kappa shape index (κ3) is 2.85. The summed E-state index contributed by atoms with van der Waals surface area (Å²) >= 11 is 0. The van der Waals surface area contributed by atoms with Gasteiger partial charge in [-0.3, -0.25) is 14.4 Å². The van der Waals surface area contributed by atoms with Crippen molar-refractivity contribution in [1.29, 1.82) is 0 Å². The molecule has 0 spiro atoms. The molecule has 0 saturated carbocycles. The Morgan fingerprint density at radius 2 is 1.95 bits per heavy atom. The Kier molecular flexibility index (Phi) is 3.45. The van der Waals surface area contributed by atoms with Crippen LogP contribution in [0.4, 0.5) is 0 Å². The van der Waals surface area contributed by atoms with Crippen molar-refractivity contribution in [3.63, 3.8) is 0 Å². The van der Waals surface area contributed by atoms with Gasteiger partial charge in [-0.25, -0.2) is 4.68 Å². The molecule has 0 aliphatic rings. The van der Waals surface area contributed by atoms with Crippen molar-refractivity contribution in [3.05, 3.63) is 40.7 Å². The molecule has 1 aromatic carbocycles. The van der Waals surface area contributed by atoms with E-state index in [-0.39, 0.29) is 10.5 Å². The fraction of sp³-hybridized carbons (Fsp3) is 0.182. The molecule has 0 amide bonds. The minimum Gasteiger partial charge on any atom is -0.478 e. The second-order valence-corrected chi connectivity index (χ2v) is 5.12. The maximum atomic E-state index is 11.7. The predicted octanol–water partition coefficient (Wildman–Crippen LogP) is 0.811. The van der Waals surface area contributed by atoms with Crippen molar-refractivity contribution in [2.75, 3.05) is 6.61 Å². The summed E-state index contributed by atoms with van der Waals surface area (Å²) in [6.45, 7) is 2.21. The number of hydrogen-bond acceptors (Lipinski definition) is 4. The zero-order valence-electron chi connectivity index (χ0n) is 10.0. The van der Waals surface area contributed by atoms with Gasteiger partial charge in [0, 0.05) is 0 Å². The molecular weight excluding hydrogens is 272 g/mol. The Balaban J connectivity index is 2.40. The van der Waals surface area contributed by atoms with Crippen LogP contribution >= 0.6 is 0 Å². The third-order valence-corrected chi connectivity index (χ3v) is 3.26. The molecule has 0 aliphatic heterocycles. The number of benzene rings is 1. The molecule has 0 atom stereocenters. The summed E-state index contributed by atoms with van der Waals surface area (Å²) in [5.41, 5.74) is 0.103. The number of aromatic nitrogens is 2. The fourth-order valence-electron chi connectivity index (χ4n) is 1.56. The van der Waals surface area contributed by atoms with Gasteiger partial charge in [-0.15, -0.1) is 0 Å². The average Bonchev–Trinajstić information content (AvgIpc) is 2.70. The molecule has 2 N–H and O–H groups in total. The van der Waals surface area contributed by atoms with Crippen LogP contribution in [0.25, 0.3) is 5.69 Å². The molecule has 0 radical (unpaired) electrons.